The largest absolute Gasteiger partial charge is 0.469 e. The van der Waals surface area contributed by atoms with Gasteiger partial charge in [-0.1, -0.05) is 33.1 Å². The van der Waals surface area contributed by atoms with E-state index in [4.69, 9.17) is 28.5 Å². The number of ether oxygens (including phenoxy) is 4. The highest BCUT2D eigenvalue weighted by atomic mass is 16.7. The van der Waals surface area contributed by atoms with Crippen molar-refractivity contribution in [3.8, 4) is 0 Å². The summed E-state index contributed by atoms with van der Waals surface area (Å²) in [6.45, 7) is 7.25. The first kappa shape index (κ1) is 34.1. The van der Waals surface area contributed by atoms with Crippen LogP contribution in [-0.2, 0) is 39.8 Å². The van der Waals surface area contributed by atoms with Gasteiger partial charge in [-0.15, -0.1) is 0 Å². The van der Waals surface area contributed by atoms with Gasteiger partial charge in [-0.2, -0.15) is 0 Å². The number of hydrogen-bond acceptors (Lipinski definition) is 12. The van der Waals surface area contributed by atoms with Gasteiger partial charge in [0.05, 0.1) is 43.0 Å². The molecule has 12 atom stereocenters. The molecule has 6 fully saturated rings. The fourth-order valence-corrected chi connectivity index (χ4v) is 11.5. The zero-order valence-electron chi connectivity index (χ0n) is 28.3. The predicted molar refractivity (Wildman–Crippen MR) is 166 cm³/mol. The number of aliphatic hydroxyl groups excluding tert-OH is 4. The van der Waals surface area contributed by atoms with Crippen molar-refractivity contribution in [2.24, 2.45) is 34.0 Å². The quantitative estimate of drug-likeness (QED) is 0.153. The Kier molecular flexibility index (Phi) is 8.24. The molecule has 0 bridgehead atoms. The summed E-state index contributed by atoms with van der Waals surface area (Å²) in [5.41, 5.74) is -4.58. The lowest BCUT2D eigenvalue weighted by molar-refractivity contribution is -0.252. The summed E-state index contributed by atoms with van der Waals surface area (Å²) in [7, 11) is 0. The first-order chi connectivity index (χ1) is 22.7. The third-order valence-electron chi connectivity index (χ3n) is 13.6. The van der Waals surface area contributed by atoms with Crippen LogP contribution >= 0.6 is 0 Å². The molecule has 1 aromatic heterocycles. The number of hydrogen-bond donors (Lipinski definition) is 4. The Balaban J connectivity index is 1.25. The Morgan fingerprint density at radius 1 is 1.00 bits per heavy atom. The highest BCUT2D eigenvalue weighted by molar-refractivity contribution is 5.92. The predicted octanol–water partition coefficient (Wildman–Crippen LogP) is 2.56. The van der Waals surface area contributed by atoms with Gasteiger partial charge in [0.15, 0.2) is 11.9 Å². The van der Waals surface area contributed by atoms with E-state index in [0.717, 1.165) is 19.3 Å². The van der Waals surface area contributed by atoms with E-state index in [0.29, 0.717) is 43.4 Å². The third-order valence-corrected chi connectivity index (χ3v) is 13.6. The zero-order valence-corrected chi connectivity index (χ0v) is 28.3. The molecule has 5 heterocycles. The van der Waals surface area contributed by atoms with Crippen LogP contribution in [0.2, 0.25) is 0 Å². The zero-order chi connectivity index (χ0) is 34.4. The molecule has 0 aromatic carbocycles. The Hall–Kier alpha value is -2.35. The number of carbonyl (C=O) groups is 3. The molecule has 1 aromatic rings. The van der Waals surface area contributed by atoms with Crippen LogP contribution < -0.4 is 0 Å². The molecule has 12 heteroatoms. The minimum absolute atomic E-state index is 0.00486. The van der Waals surface area contributed by atoms with E-state index in [1.807, 2.05) is 27.7 Å². The van der Waals surface area contributed by atoms with E-state index in [2.05, 4.69) is 0 Å². The molecule has 6 aliphatic rings. The van der Waals surface area contributed by atoms with Gasteiger partial charge in [0.1, 0.15) is 30.2 Å². The summed E-state index contributed by atoms with van der Waals surface area (Å²) in [5, 5.41) is 41.9. The van der Waals surface area contributed by atoms with Crippen LogP contribution in [0.25, 0.3) is 0 Å². The summed E-state index contributed by atoms with van der Waals surface area (Å²) >= 11 is 0. The number of cyclic esters (lactones) is 2. The molecule has 2 aliphatic carbocycles. The maximum atomic E-state index is 14.4. The minimum atomic E-state index is -1.47. The maximum Gasteiger partial charge on any atom is 0.339 e. The Bertz CT molecular complexity index is 1450. The van der Waals surface area contributed by atoms with Crippen molar-refractivity contribution in [2.45, 2.75) is 127 Å². The number of unbranched alkanes of at least 4 members (excludes halogenated alkanes) is 3. The third kappa shape index (κ3) is 4.38. The van der Waals surface area contributed by atoms with Crippen LogP contribution in [0.15, 0.2) is 16.7 Å². The molecule has 2 saturated carbocycles. The Labute approximate surface area is 280 Å². The number of fused-ring (bicyclic) bond motifs is 1. The van der Waals surface area contributed by atoms with Crippen molar-refractivity contribution in [3.63, 3.8) is 0 Å². The first-order valence-corrected chi connectivity index (χ1v) is 17.6. The highest BCUT2D eigenvalue weighted by Gasteiger charge is 2.90. The van der Waals surface area contributed by atoms with Crippen LogP contribution in [0.3, 0.4) is 0 Å². The number of epoxide rings is 1. The number of rotatable bonds is 11. The molecular weight excluding hydrogens is 624 g/mol. The number of aliphatic hydroxyl groups is 4. The van der Waals surface area contributed by atoms with Crippen LogP contribution in [0.4, 0.5) is 0 Å². The number of Topliss-reactive ketones (excluding diaryl/α,β-unsaturated/α-hetero) is 1. The van der Waals surface area contributed by atoms with Gasteiger partial charge < -0.3 is 43.8 Å². The highest BCUT2D eigenvalue weighted by Crippen LogP contribution is 2.80. The molecule has 4 N–H and O–H groups in total. The SMILES string of the molecule is CC1(C)O[C@H]2CC(=O)OC[C@]23[C@H]1C(=O)[C@@H](O)[C@]1(C)[C@H]3CC[C@@]2(C)[C@H](c3ccoc3C[C@H](CCCCCCO)[C@H](O)CO)OC(=O)[C@H]3O[C@]312. The average molecular weight is 675 g/mol. The number of carbonyl (C=O) groups excluding carboxylic acids is 3. The number of ketones is 1. The van der Waals surface area contributed by atoms with Gasteiger partial charge in [-0.25, -0.2) is 4.79 Å². The molecule has 12 nitrogen and oxygen atoms in total. The second kappa shape index (κ2) is 11.6. The van der Waals surface area contributed by atoms with Gasteiger partial charge >= 0.3 is 11.9 Å². The normalized spacial score (nSPS) is 43.5. The lowest BCUT2D eigenvalue weighted by atomic mass is 9.36. The molecule has 48 heavy (non-hydrogen) atoms. The van der Waals surface area contributed by atoms with Crippen molar-refractivity contribution in [1.82, 2.24) is 0 Å². The van der Waals surface area contributed by atoms with E-state index in [9.17, 15) is 29.7 Å². The number of esters is 2. The van der Waals surface area contributed by atoms with Gasteiger partial charge in [0, 0.05) is 34.8 Å². The second-order valence-electron chi connectivity index (χ2n) is 16.2. The topological polar surface area (TPSA) is 185 Å². The van der Waals surface area contributed by atoms with Gasteiger partial charge in [-0.05, 0) is 57.4 Å². The Morgan fingerprint density at radius 3 is 2.48 bits per heavy atom. The average Bonchev–Trinajstić information content (AvgIpc) is 3.60. The van der Waals surface area contributed by atoms with E-state index in [1.54, 1.807) is 6.07 Å². The summed E-state index contributed by atoms with van der Waals surface area (Å²) in [6, 6.07) is 1.77. The first-order valence-electron chi connectivity index (χ1n) is 17.6. The van der Waals surface area contributed by atoms with E-state index >= 15 is 0 Å². The molecule has 0 radical (unpaired) electrons. The van der Waals surface area contributed by atoms with Crippen molar-refractivity contribution in [2.75, 3.05) is 19.8 Å². The molecule has 0 amide bonds. The smallest absolute Gasteiger partial charge is 0.339 e. The lowest BCUT2D eigenvalue weighted by Crippen LogP contribution is -2.76. The van der Waals surface area contributed by atoms with Gasteiger partial charge in [-0.3, -0.25) is 9.59 Å². The summed E-state index contributed by atoms with van der Waals surface area (Å²) in [5.74, 6) is -2.20. The van der Waals surface area contributed by atoms with Crippen molar-refractivity contribution in [1.29, 1.82) is 0 Å². The van der Waals surface area contributed by atoms with Gasteiger partial charge in [0.25, 0.3) is 0 Å². The fourth-order valence-electron chi connectivity index (χ4n) is 11.5. The second-order valence-corrected chi connectivity index (χ2v) is 16.2. The molecule has 0 unspecified atom stereocenters. The summed E-state index contributed by atoms with van der Waals surface area (Å²) < 4.78 is 30.9. The van der Waals surface area contributed by atoms with E-state index in [1.165, 1.54) is 6.26 Å². The van der Waals surface area contributed by atoms with Crippen molar-refractivity contribution >= 4 is 17.7 Å². The molecular formula is C36H50O12. The van der Waals surface area contributed by atoms with Crippen LogP contribution in [0.5, 0.6) is 0 Å². The monoisotopic (exact) mass is 674 g/mol. The molecule has 7 rings (SSSR count). The fraction of sp³-hybridized carbons (Fsp3) is 0.806. The maximum absolute atomic E-state index is 14.4. The molecule has 266 valence electrons. The van der Waals surface area contributed by atoms with Crippen LogP contribution in [0, 0.1) is 34.0 Å². The molecule has 2 spiro atoms. The van der Waals surface area contributed by atoms with E-state index < -0.39 is 76.5 Å². The Morgan fingerprint density at radius 2 is 1.75 bits per heavy atom. The van der Waals surface area contributed by atoms with Gasteiger partial charge in [0.2, 0.25) is 0 Å². The number of furan rings is 1. The van der Waals surface area contributed by atoms with E-state index in [-0.39, 0.29) is 43.2 Å². The summed E-state index contributed by atoms with van der Waals surface area (Å²) in [4.78, 5) is 40.8. The lowest BCUT2D eigenvalue weighted by Gasteiger charge is -2.66. The molecule has 4 saturated heterocycles. The summed E-state index contributed by atoms with van der Waals surface area (Å²) in [6.07, 6.45) is 1.96. The molecule has 4 aliphatic heterocycles. The standard InChI is InChI=1S/C36H50O12/c1-32(2)27-26(41)28(42)34(4)23(35(27)18-45-25(40)16-24(35)47-32)10-12-33(3)29(46-31(43)30-36(33,34)48-30)20-11-14-44-22(20)15-19(21(39)17-38)9-7-5-6-8-13-37/h11,14,19,21,23-24,27-30,37-39,42H,5-10,12-13,15-18H2,1-4H3/t19-,21+,23+,24-,27-,28+,29-,30+,33-,34-,35+,36-/m0/s1. The van der Waals surface area contributed by atoms with Crippen LogP contribution in [0.1, 0.15) is 96.5 Å². The van der Waals surface area contributed by atoms with Crippen molar-refractivity contribution in [3.05, 3.63) is 23.7 Å². The van der Waals surface area contributed by atoms with Crippen molar-refractivity contribution < 1.29 is 58.2 Å². The van der Waals surface area contributed by atoms with Crippen LogP contribution in [-0.4, -0.2) is 93.6 Å². The minimum Gasteiger partial charge on any atom is -0.469 e.